The molecule has 1 aliphatic rings. The number of benzene rings is 1. The number of hydrogen-bond donors (Lipinski definition) is 5. The van der Waals surface area contributed by atoms with Gasteiger partial charge in [0, 0.05) is 17.6 Å². The largest absolute Gasteiger partial charge is 0.501 e. The average Bonchev–Trinajstić information content (AvgIpc) is 3.07. The van der Waals surface area contributed by atoms with Gasteiger partial charge in [-0.1, -0.05) is 18.2 Å². The molecule has 1 fully saturated rings. The highest BCUT2D eigenvalue weighted by Crippen LogP contribution is 2.27. The van der Waals surface area contributed by atoms with Crippen LogP contribution in [-0.2, 0) is 4.79 Å². The summed E-state index contributed by atoms with van der Waals surface area (Å²) in [5.74, 6) is -1.99. The number of amides is 2. The third kappa shape index (κ3) is 3.82. The van der Waals surface area contributed by atoms with Gasteiger partial charge in [0.2, 0.25) is 11.7 Å². The Hall–Kier alpha value is -3.36. The van der Waals surface area contributed by atoms with Crippen LogP contribution in [0.5, 0.6) is 5.75 Å². The standard InChI is InChI=1S/C17H18N4O5/c22-13-12(20-17(26)21-16(13)25)15(24)19-11-7-6-9(8-11)14(23)18-10-4-2-1-3-5-10/h1-5,9,11,22H,6-8H2,(H,18,23)(H,19,24)(H2,20,21,25,26)/t9-,11-/m0/s1. The minimum absolute atomic E-state index is 0.125. The molecule has 9 heteroatoms. The molecule has 2 atom stereocenters. The second-order valence-electron chi connectivity index (χ2n) is 6.17. The fourth-order valence-corrected chi connectivity index (χ4v) is 3.02. The van der Waals surface area contributed by atoms with Gasteiger partial charge >= 0.3 is 5.69 Å². The van der Waals surface area contributed by atoms with Gasteiger partial charge in [0.05, 0.1) is 0 Å². The summed E-state index contributed by atoms with van der Waals surface area (Å²) in [5.41, 5.74) is -1.71. The van der Waals surface area contributed by atoms with Crippen LogP contribution in [0.2, 0.25) is 0 Å². The van der Waals surface area contributed by atoms with Crippen LogP contribution in [0.15, 0.2) is 39.9 Å². The first-order valence-corrected chi connectivity index (χ1v) is 8.16. The third-order valence-electron chi connectivity index (χ3n) is 4.32. The zero-order valence-corrected chi connectivity index (χ0v) is 13.7. The van der Waals surface area contributed by atoms with Crippen molar-refractivity contribution in [2.75, 3.05) is 5.32 Å². The SMILES string of the molecule is O=C(N[C@H]1CC[C@H](C(=O)Nc2ccccc2)C1)c1[nH]c(=O)[nH]c(=O)c1O. The minimum atomic E-state index is -1.04. The van der Waals surface area contributed by atoms with E-state index in [1.54, 1.807) is 12.1 Å². The lowest BCUT2D eigenvalue weighted by atomic mass is 10.1. The van der Waals surface area contributed by atoms with Gasteiger partial charge in [0.15, 0.2) is 5.69 Å². The van der Waals surface area contributed by atoms with E-state index in [0.29, 0.717) is 24.9 Å². The van der Waals surface area contributed by atoms with E-state index in [9.17, 15) is 24.3 Å². The van der Waals surface area contributed by atoms with E-state index in [0.717, 1.165) is 0 Å². The zero-order chi connectivity index (χ0) is 18.7. The van der Waals surface area contributed by atoms with Crippen LogP contribution in [0, 0.1) is 5.92 Å². The molecule has 2 amide bonds. The molecule has 1 heterocycles. The number of H-pyrrole nitrogens is 2. The average molecular weight is 358 g/mol. The Morgan fingerprint density at radius 2 is 1.81 bits per heavy atom. The minimum Gasteiger partial charge on any atom is -0.501 e. The highest BCUT2D eigenvalue weighted by molar-refractivity contribution is 5.95. The molecular formula is C17H18N4O5. The Bertz CT molecular complexity index is 934. The topological polar surface area (TPSA) is 144 Å². The molecule has 0 spiro atoms. The molecule has 1 saturated carbocycles. The summed E-state index contributed by atoms with van der Waals surface area (Å²) in [4.78, 5) is 51.1. The molecule has 0 aliphatic heterocycles. The van der Waals surface area contributed by atoms with Gasteiger partial charge in [-0.25, -0.2) is 4.79 Å². The van der Waals surface area contributed by atoms with Crippen LogP contribution < -0.4 is 21.9 Å². The van der Waals surface area contributed by atoms with Crippen LogP contribution in [0.4, 0.5) is 5.69 Å². The van der Waals surface area contributed by atoms with E-state index < -0.39 is 28.6 Å². The van der Waals surface area contributed by atoms with Crippen LogP contribution >= 0.6 is 0 Å². The maximum Gasteiger partial charge on any atom is 0.326 e. The summed E-state index contributed by atoms with van der Waals surface area (Å²) in [6.45, 7) is 0. The molecule has 1 aliphatic carbocycles. The number of hydrogen-bond acceptors (Lipinski definition) is 5. The number of carbonyl (C=O) groups is 2. The molecule has 26 heavy (non-hydrogen) atoms. The molecular weight excluding hydrogens is 340 g/mol. The normalized spacial score (nSPS) is 19.1. The van der Waals surface area contributed by atoms with Crippen LogP contribution in [0.25, 0.3) is 0 Å². The molecule has 5 N–H and O–H groups in total. The number of aromatic amines is 2. The van der Waals surface area contributed by atoms with Crippen molar-refractivity contribution >= 4 is 17.5 Å². The monoisotopic (exact) mass is 358 g/mol. The summed E-state index contributed by atoms with van der Waals surface area (Å²) in [7, 11) is 0. The molecule has 2 aromatic rings. The summed E-state index contributed by atoms with van der Waals surface area (Å²) in [5, 5.41) is 15.1. The van der Waals surface area contributed by atoms with E-state index in [-0.39, 0.29) is 17.9 Å². The maximum atomic E-state index is 12.3. The van der Waals surface area contributed by atoms with Crippen molar-refractivity contribution in [3.05, 3.63) is 56.9 Å². The number of carbonyl (C=O) groups excluding carboxylic acids is 2. The molecule has 0 bridgehead atoms. The molecule has 1 aromatic heterocycles. The lowest BCUT2D eigenvalue weighted by Crippen LogP contribution is -2.37. The first kappa shape index (κ1) is 17.5. The molecule has 0 saturated heterocycles. The number of rotatable bonds is 4. The smallest absolute Gasteiger partial charge is 0.326 e. The summed E-state index contributed by atoms with van der Waals surface area (Å²) in [6.07, 6.45) is 1.60. The Balaban J connectivity index is 1.61. The summed E-state index contributed by atoms with van der Waals surface area (Å²) in [6, 6.07) is 8.78. The lowest BCUT2D eigenvalue weighted by molar-refractivity contribution is -0.119. The van der Waals surface area contributed by atoms with Crippen LogP contribution in [-0.4, -0.2) is 32.9 Å². The molecule has 9 nitrogen and oxygen atoms in total. The molecule has 136 valence electrons. The quantitative estimate of drug-likeness (QED) is 0.534. The van der Waals surface area contributed by atoms with Crippen molar-refractivity contribution < 1.29 is 14.7 Å². The second kappa shape index (κ2) is 7.26. The van der Waals surface area contributed by atoms with Gasteiger partial charge in [0.25, 0.3) is 11.5 Å². The number of aromatic hydroxyl groups is 1. The van der Waals surface area contributed by atoms with Crippen molar-refractivity contribution in [2.24, 2.45) is 5.92 Å². The second-order valence-corrected chi connectivity index (χ2v) is 6.17. The Kier molecular flexibility index (Phi) is 4.87. The molecule has 3 rings (SSSR count). The van der Waals surface area contributed by atoms with Crippen LogP contribution in [0.3, 0.4) is 0 Å². The zero-order valence-electron chi connectivity index (χ0n) is 13.7. The van der Waals surface area contributed by atoms with Crippen molar-refractivity contribution in [1.29, 1.82) is 0 Å². The van der Waals surface area contributed by atoms with E-state index in [1.165, 1.54) is 0 Å². The maximum absolute atomic E-state index is 12.3. The Labute approximate surface area is 147 Å². The van der Waals surface area contributed by atoms with E-state index in [1.807, 2.05) is 23.2 Å². The van der Waals surface area contributed by atoms with Crippen molar-refractivity contribution in [2.45, 2.75) is 25.3 Å². The highest BCUT2D eigenvalue weighted by atomic mass is 16.3. The predicted octanol–water partition coefficient (Wildman–Crippen LogP) is 0.306. The van der Waals surface area contributed by atoms with E-state index >= 15 is 0 Å². The van der Waals surface area contributed by atoms with Gasteiger partial charge in [-0.2, -0.15) is 0 Å². The predicted molar refractivity (Wildman–Crippen MR) is 93.0 cm³/mol. The Morgan fingerprint density at radius 3 is 2.54 bits per heavy atom. The molecule has 0 unspecified atom stereocenters. The highest BCUT2D eigenvalue weighted by Gasteiger charge is 2.31. The fourth-order valence-electron chi connectivity index (χ4n) is 3.02. The fraction of sp³-hybridized carbons (Fsp3) is 0.294. The van der Waals surface area contributed by atoms with Gasteiger partial charge in [0.1, 0.15) is 0 Å². The number of nitrogens with one attached hydrogen (secondary N) is 4. The van der Waals surface area contributed by atoms with Gasteiger partial charge < -0.3 is 15.7 Å². The first-order valence-electron chi connectivity index (χ1n) is 8.16. The van der Waals surface area contributed by atoms with Gasteiger partial charge in [-0.15, -0.1) is 0 Å². The number of para-hydroxylation sites is 1. The molecule has 0 radical (unpaired) electrons. The number of aromatic nitrogens is 2. The summed E-state index contributed by atoms with van der Waals surface area (Å²) < 4.78 is 0. The first-order chi connectivity index (χ1) is 12.4. The van der Waals surface area contributed by atoms with Crippen molar-refractivity contribution in [3.63, 3.8) is 0 Å². The summed E-state index contributed by atoms with van der Waals surface area (Å²) >= 11 is 0. The Morgan fingerprint density at radius 1 is 1.08 bits per heavy atom. The van der Waals surface area contributed by atoms with Crippen molar-refractivity contribution in [3.8, 4) is 5.75 Å². The van der Waals surface area contributed by atoms with Gasteiger partial charge in [-0.3, -0.25) is 24.4 Å². The lowest BCUT2D eigenvalue weighted by Gasteiger charge is -2.14. The van der Waals surface area contributed by atoms with Crippen molar-refractivity contribution in [1.82, 2.24) is 15.3 Å². The third-order valence-corrected chi connectivity index (χ3v) is 4.32. The molecule has 1 aromatic carbocycles. The van der Waals surface area contributed by atoms with E-state index in [4.69, 9.17) is 0 Å². The number of anilines is 1. The van der Waals surface area contributed by atoms with E-state index in [2.05, 4.69) is 15.6 Å². The van der Waals surface area contributed by atoms with Gasteiger partial charge in [-0.05, 0) is 31.4 Å². The van der Waals surface area contributed by atoms with Crippen LogP contribution in [0.1, 0.15) is 29.8 Å².